The van der Waals surface area contributed by atoms with Gasteiger partial charge in [-0.05, 0) is 22.4 Å². The molecule has 0 bridgehead atoms. The Morgan fingerprint density at radius 3 is 3.13 bits per heavy atom. The minimum atomic E-state index is 0.348. The van der Waals surface area contributed by atoms with Crippen LogP contribution in [0.5, 0.6) is 0 Å². The zero-order valence-corrected chi connectivity index (χ0v) is 10.0. The topological polar surface area (TPSA) is 59.1 Å². The molecule has 0 saturated carbocycles. The summed E-state index contributed by atoms with van der Waals surface area (Å²) in [5.41, 5.74) is 0. The van der Waals surface area contributed by atoms with Crippen molar-refractivity contribution < 1.29 is 4.74 Å². The van der Waals surface area contributed by atoms with E-state index in [-0.39, 0.29) is 0 Å². The van der Waals surface area contributed by atoms with Gasteiger partial charge in [0.1, 0.15) is 5.82 Å². The fraction of sp³-hybridized carbons (Fsp3) is 0.556. The Kier molecular flexibility index (Phi) is 3.37. The van der Waals surface area contributed by atoms with E-state index in [2.05, 4.69) is 36.5 Å². The lowest BCUT2D eigenvalue weighted by molar-refractivity contribution is 0.195. The van der Waals surface area contributed by atoms with Crippen LogP contribution in [0.25, 0.3) is 0 Å². The molecule has 15 heavy (non-hydrogen) atoms. The molecule has 0 radical (unpaired) electrons. The number of hydrogen-bond acceptors (Lipinski definition) is 5. The van der Waals surface area contributed by atoms with Crippen LogP contribution >= 0.6 is 15.9 Å². The van der Waals surface area contributed by atoms with Crippen LogP contribution in [0.1, 0.15) is 6.42 Å². The van der Waals surface area contributed by atoms with Crippen molar-refractivity contribution in [3.05, 3.63) is 10.7 Å². The lowest BCUT2D eigenvalue weighted by Gasteiger charge is -2.13. The maximum Gasteiger partial charge on any atom is 0.224 e. The Bertz CT molecular complexity index is 341. The summed E-state index contributed by atoms with van der Waals surface area (Å²) in [4.78, 5) is 8.41. The molecule has 1 aliphatic rings. The summed E-state index contributed by atoms with van der Waals surface area (Å²) < 4.78 is 6.16. The van der Waals surface area contributed by atoms with Gasteiger partial charge in [-0.1, -0.05) is 0 Å². The van der Waals surface area contributed by atoms with Crippen LogP contribution in [-0.2, 0) is 4.74 Å². The number of aromatic nitrogens is 2. The second-order valence-corrected chi connectivity index (χ2v) is 4.20. The van der Waals surface area contributed by atoms with E-state index in [4.69, 9.17) is 4.74 Å². The summed E-state index contributed by atoms with van der Waals surface area (Å²) in [5.74, 6) is 1.42. The van der Waals surface area contributed by atoms with Crippen molar-refractivity contribution >= 4 is 27.7 Å². The average molecular weight is 273 g/mol. The van der Waals surface area contributed by atoms with Gasteiger partial charge in [0.2, 0.25) is 5.95 Å². The molecule has 0 amide bonds. The third-order valence-corrected chi connectivity index (χ3v) is 2.82. The van der Waals surface area contributed by atoms with Gasteiger partial charge in [-0.3, -0.25) is 0 Å². The first-order chi connectivity index (χ1) is 7.29. The van der Waals surface area contributed by atoms with Crippen LogP contribution < -0.4 is 10.6 Å². The van der Waals surface area contributed by atoms with Gasteiger partial charge in [-0.25, -0.2) is 4.98 Å². The van der Waals surface area contributed by atoms with Gasteiger partial charge in [0.15, 0.2) is 0 Å². The van der Waals surface area contributed by atoms with E-state index in [0.717, 1.165) is 29.9 Å². The van der Waals surface area contributed by atoms with E-state index < -0.39 is 0 Å². The quantitative estimate of drug-likeness (QED) is 0.873. The number of nitrogens with zero attached hydrogens (tertiary/aromatic N) is 2. The molecule has 1 aliphatic heterocycles. The van der Waals surface area contributed by atoms with Crippen LogP contribution in [0.15, 0.2) is 10.7 Å². The van der Waals surface area contributed by atoms with Crippen LogP contribution in [0.2, 0.25) is 0 Å². The average Bonchev–Trinajstić information content (AvgIpc) is 2.74. The SMILES string of the molecule is CNc1ncc(Br)c(NC2CCOC2)n1. The van der Waals surface area contributed by atoms with Gasteiger partial charge in [-0.15, -0.1) is 0 Å². The lowest BCUT2D eigenvalue weighted by Crippen LogP contribution is -2.20. The molecule has 0 aliphatic carbocycles. The minimum absolute atomic E-state index is 0.348. The fourth-order valence-electron chi connectivity index (χ4n) is 1.43. The monoisotopic (exact) mass is 272 g/mol. The van der Waals surface area contributed by atoms with E-state index in [1.165, 1.54) is 0 Å². The molecule has 0 aromatic carbocycles. The summed E-state index contributed by atoms with van der Waals surface area (Å²) in [5, 5.41) is 6.23. The molecule has 1 fully saturated rings. The van der Waals surface area contributed by atoms with Crippen LogP contribution in [-0.4, -0.2) is 36.3 Å². The minimum Gasteiger partial charge on any atom is -0.379 e. The summed E-state index contributed by atoms with van der Waals surface area (Å²) in [6.07, 6.45) is 2.75. The third-order valence-electron chi connectivity index (χ3n) is 2.24. The third kappa shape index (κ3) is 2.57. The first-order valence-corrected chi connectivity index (χ1v) is 5.63. The molecule has 1 saturated heterocycles. The van der Waals surface area contributed by atoms with Crippen LogP contribution in [0.4, 0.5) is 11.8 Å². The number of ether oxygens (including phenoxy) is 1. The first kappa shape index (κ1) is 10.6. The predicted molar refractivity (Wildman–Crippen MR) is 62.1 cm³/mol. The highest BCUT2D eigenvalue weighted by Gasteiger charge is 2.17. The summed E-state index contributed by atoms with van der Waals surface area (Å²) in [7, 11) is 1.80. The maximum absolute atomic E-state index is 5.29. The summed E-state index contributed by atoms with van der Waals surface area (Å²) in [6, 6.07) is 0.348. The van der Waals surface area contributed by atoms with E-state index in [0.29, 0.717) is 12.0 Å². The van der Waals surface area contributed by atoms with Crippen molar-refractivity contribution in [1.29, 1.82) is 0 Å². The summed E-state index contributed by atoms with van der Waals surface area (Å²) >= 11 is 3.41. The molecule has 1 aromatic rings. The molecular formula is C9H13BrN4O. The Morgan fingerprint density at radius 1 is 1.60 bits per heavy atom. The number of rotatable bonds is 3. The Morgan fingerprint density at radius 2 is 2.47 bits per heavy atom. The molecule has 1 atom stereocenters. The van der Waals surface area contributed by atoms with E-state index in [1.54, 1.807) is 13.2 Å². The molecular weight excluding hydrogens is 260 g/mol. The van der Waals surface area contributed by atoms with Gasteiger partial charge in [0.05, 0.1) is 17.1 Å². The fourth-order valence-corrected chi connectivity index (χ4v) is 1.74. The predicted octanol–water partition coefficient (Wildman–Crippen LogP) is 1.48. The van der Waals surface area contributed by atoms with Gasteiger partial charge >= 0.3 is 0 Å². The van der Waals surface area contributed by atoms with E-state index >= 15 is 0 Å². The molecule has 2 rings (SSSR count). The molecule has 82 valence electrons. The van der Waals surface area contributed by atoms with Crippen molar-refractivity contribution in [2.24, 2.45) is 0 Å². The van der Waals surface area contributed by atoms with E-state index in [1.807, 2.05) is 0 Å². The second-order valence-electron chi connectivity index (χ2n) is 3.35. The zero-order valence-electron chi connectivity index (χ0n) is 8.46. The molecule has 1 aromatic heterocycles. The van der Waals surface area contributed by atoms with Crippen molar-refractivity contribution in [1.82, 2.24) is 9.97 Å². The van der Waals surface area contributed by atoms with Crippen LogP contribution in [0.3, 0.4) is 0 Å². The van der Waals surface area contributed by atoms with Crippen molar-refractivity contribution in [3.8, 4) is 0 Å². The standard InChI is InChI=1S/C9H13BrN4O/c1-11-9-12-4-7(10)8(14-9)13-6-2-3-15-5-6/h4,6H,2-3,5H2,1H3,(H2,11,12,13,14). The normalized spacial score (nSPS) is 20.3. The highest BCUT2D eigenvalue weighted by molar-refractivity contribution is 9.10. The molecule has 1 unspecified atom stereocenters. The molecule has 2 heterocycles. The molecule has 5 nitrogen and oxygen atoms in total. The molecule has 0 spiro atoms. The Labute approximate surface area is 96.8 Å². The number of nitrogens with one attached hydrogen (secondary N) is 2. The smallest absolute Gasteiger partial charge is 0.224 e. The number of hydrogen-bond donors (Lipinski definition) is 2. The summed E-state index contributed by atoms with van der Waals surface area (Å²) in [6.45, 7) is 1.56. The first-order valence-electron chi connectivity index (χ1n) is 4.84. The largest absolute Gasteiger partial charge is 0.379 e. The number of halogens is 1. The van der Waals surface area contributed by atoms with Gasteiger partial charge in [0.25, 0.3) is 0 Å². The number of anilines is 2. The van der Waals surface area contributed by atoms with Gasteiger partial charge < -0.3 is 15.4 Å². The van der Waals surface area contributed by atoms with Crippen molar-refractivity contribution in [2.45, 2.75) is 12.5 Å². The van der Waals surface area contributed by atoms with Gasteiger partial charge in [-0.2, -0.15) is 4.98 Å². The van der Waals surface area contributed by atoms with Crippen LogP contribution in [0, 0.1) is 0 Å². The highest BCUT2D eigenvalue weighted by Crippen LogP contribution is 2.22. The second kappa shape index (κ2) is 4.76. The van der Waals surface area contributed by atoms with E-state index in [9.17, 15) is 0 Å². The van der Waals surface area contributed by atoms with Crippen molar-refractivity contribution in [2.75, 3.05) is 30.9 Å². The lowest BCUT2D eigenvalue weighted by atomic mass is 10.2. The molecule has 2 N–H and O–H groups in total. The zero-order chi connectivity index (χ0) is 10.7. The maximum atomic E-state index is 5.29. The molecule has 6 heteroatoms. The Balaban J connectivity index is 2.11. The van der Waals surface area contributed by atoms with Gasteiger partial charge in [0, 0.05) is 19.9 Å². The van der Waals surface area contributed by atoms with Crippen molar-refractivity contribution in [3.63, 3.8) is 0 Å². The highest BCUT2D eigenvalue weighted by atomic mass is 79.9. The Hall–Kier alpha value is -0.880.